The van der Waals surface area contributed by atoms with Crippen molar-refractivity contribution in [2.75, 3.05) is 18.5 Å². The Morgan fingerprint density at radius 3 is 1.97 bits per heavy atom. The summed E-state index contributed by atoms with van der Waals surface area (Å²) < 4.78 is 10.6. The van der Waals surface area contributed by atoms with Gasteiger partial charge < -0.3 is 14.8 Å². The smallest absolute Gasteiger partial charge is 0.309 e. The van der Waals surface area contributed by atoms with Crippen molar-refractivity contribution in [1.29, 1.82) is 0 Å². The van der Waals surface area contributed by atoms with Crippen molar-refractivity contribution >= 4 is 23.3 Å². The fourth-order valence-electron chi connectivity index (χ4n) is 2.66. The Morgan fingerprint density at radius 2 is 1.44 bits per heavy atom. The fraction of sp³-hybridized carbons (Fsp3) is 0.423. The third-order valence-electron chi connectivity index (χ3n) is 4.81. The van der Waals surface area contributed by atoms with Crippen LogP contribution in [0.25, 0.3) is 0 Å². The highest BCUT2D eigenvalue weighted by atomic mass is 16.5. The highest BCUT2D eigenvalue weighted by Crippen LogP contribution is 2.24. The van der Waals surface area contributed by atoms with Crippen LogP contribution >= 0.6 is 0 Å². The number of esters is 1. The van der Waals surface area contributed by atoms with Gasteiger partial charge in [0.25, 0.3) is 0 Å². The van der Waals surface area contributed by atoms with Gasteiger partial charge in [0.2, 0.25) is 5.91 Å². The molecule has 2 rings (SSSR count). The van der Waals surface area contributed by atoms with Crippen molar-refractivity contribution < 1.29 is 23.9 Å². The third kappa shape index (κ3) is 7.84. The van der Waals surface area contributed by atoms with Crippen molar-refractivity contribution in [1.82, 2.24) is 0 Å². The molecule has 0 atom stereocenters. The molecule has 1 N–H and O–H groups in total. The summed E-state index contributed by atoms with van der Waals surface area (Å²) in [5, 5.41) is 2.80. The first-order valence-corrected chi connectivity index (χ1v) is 10.7. The monoisotopic (exact) mass is 439 g/mol. The normalized spacial score (nSPS) is 11.6. The average molecular weight is 440 g/mol. The van der Waals surface area contributed by atoms with Gasteiger partial charge in [-0.1, -0.05) is 53.7 Å². The van der Waals surface area contributed by atoms with Gasteiger partial charge in [0.05, 0.1) is 13.0 Å². The summed E-state index contributed by atoms with van der Waals surface area (Å²) in [7, 11) is 0. The van der Waals surface area contributed by atoms with Crippen molar-refractivity contribution in [3.63, 3.8) is 0 Å². The maximum Gasteiger partial charge on any atom is 0.309 e. The number of amides is 1. The van der Waals surface area contributed by atoms with Crippen LogP contribution in [0.1, 0.15) is 63.9 Å². The van der Waals surface area contributed by atoms with Crippen LogP contribution in [0.2, 0.25) is 0 Å². The largest absolute Gasteiger partial charge is 0.493 e. The maximum absolute atomic E-state index is 12.3. The highest BCUT2D eigenvalue weighted by molar-refractivity contribution is 5.99. The summed E-state index contributed by atoms with van der Waals surface area (Å²) in [5.74, 6) is -0.247. The van der Waals surface area contributed by atoms with E-state index in [2.05, 4.69) is 26.1 Å². The zero-order valence-corrected chi connectivity index (χ0v) is 19.8. The van der Waals surface area contributed by atoms with Crippen molar-refractivity contribution in [2.24, 2.45) is 5.41 Å². The van der Waals surface area contributed by atoms with Crippen LogP contribution in [0.3, 0.4) is 0 Å². The molecule has 0 fully saturated rings. The first-order valence-electron chi connectivity index (χ1n) is 10.7. The number of hydrogen-bond acceptors (Lipinski definition) is 5. The van der Waals surface area contributed by atoms with E-state index >= 15 is 0 Å². The van der Waals surface area contributed by atoms with E-state index in [1.165, 1.54) is 5.56 Å². The van der Waals surface area contributed by atoms with E-state index in [0.29, 0.717) is 17.0 Å². The summed E-state index contributed by atoms with van der Waals surface area (Å²) in [6.07, 6.45) is 0.0477. The molecule has 32 heavy (non-hydrogen) atoms. The van der Waals surface area contributed by atoms with E-state index in [9.17, 15) is 14.4 Å². The van der Waals surface area contributed by atoms with Crippen molar-refractivity contribution in [3.05, 3.63) is 59.7 Å². The number of nitrogens with one attached hydrogen (secondary N) is 1. The molecule has 0 aromatic heterocycles. The second kappa shape index (κ2) is 10.4. The lowest BCUT2D eigenvalue weighted by atomic mass is 9.87. The minimum absolute atomic E-state index is 0.0477. The highest BCUT2D eigenvalue weighted by Gasteiger charge is 2.21. The minimum Gasteiger partial charge on any atom is -0.493 e. The van der Waals surface area contributed by atoms with Crippen molar-refractivity contribution in [2.45, 2.75) is 53.4 Å². The Bertz CT molecular complexity index is 932. The van der Waals surface area contributed by atoms with E-state index in [-0.39, 0.29) is 36.7 Å². The maximum atomic E-state index is 12.3. The van der Waals surface area contributed by atoms with Crippen LogP contribution in [-0.4, -0.2) is 30.9 Å². The number of carbonyl (C=O) groups is 3. The van der Waals surface area contributed by atoms with E-state index in [1.807, 2.05) is 45.0 Å². The molecule has 0 heterocycles. The van der Waals surface area contributed by atoms with Gasteiger partial charge in [-0.2, -0.15) is 0 Å². The summed E-state index contributed by atoms with van der Waals surface area (Å²) in [6, 6.07) is 14.3. The molecular weight excluding hydrogens is 406 g/mol. The second-order valence-corrected chi connectivity index (χ2v) is 9.74. The molecule has 1 amide bonds. The molecule has 6 nitrogen and oxygen atoms in total. The Hall–Kier alpha value is -3.15. The van der Waals surface area contributed by atoms with Gasteiger partial charge in [-0.3, -0.25) is 14.4 Å². The SMILES string of the molecule is CC(C)(C)C(=O)Nc1ccc(C(=O)COC(=O)CCOc2ccc(C(C)(C)C)cc2)cc1. The molecular formula is C26H33NO5. The number of Topliss-reactive ketones (excluding diaryl/α,β-unsaturated/α-hetero) is 1. The van der Waals surface area contributed by atoms with Gasteiger partial charge in [-0.15, -0.1) is 0 Å². The summed E-state index contributed by atoms with van der Waals surface area (Å²) in [4.78, 5) is 36.2. The minimum atomic E-state index is -0.512. The van der Waals surface area contributed by atoms with Crippen LogP contribution in [0.15, 0.2) is 48.5 Å². The quantitative estimate of drug-likeness (QED) is 0.454. The van der Waals surface area contributed by atoms with Crippen LogP contribution in [0.5, 0.6) is 5.75 Å². The molecule has 6 heteroatoms. The van der Waals surface area contributed by atoms with Gasteiger partial charge in [-0.05, 0) is 47.4 Å². The van der Waals surface area contributed by atoms with Crippen LogP contribution in [0, 0.1) is 5.41 Å². The summed E-state index contributed by atoms with van der Waals surface area (Å²) >= 11 is 0. The van der Waals surface area contributed by atoms with E-state index < -0.39 is 11.4 Å². The topological polar surface area (TPSA) is 81.7 Å². The van der Waals surface area contributed by atoms with Crippen LogP contribution in [-0.2, 0) is 19.7 Å². The second-order valence-electron chi connectivity index (χ2n) is 9.74. The molecule has 0 spiro atoms. The van der Waals surface area contributed by atoms with E-state index in [1.54, 1.807) is 24.3 Å². The fourth-order valence-corrected chi connectivity index (χ4v) is 2.66. The van der Waals surface area contributed by atoms with E-state index in [0.717, 1.165) is 0 Å². The lowest BCUT2D eigenvalue weighted by Crippen LogP contribution is -2.27. The first kappa shape index (κ1) is 25.1. The predicted octanol–water partition coefficient (Wildman–Crippen LogP) is 5.16. The number of benzene rings is 2. The number of rotatable bonds is 8. The molecule has 0 aliphatic carbocycles. The van der Waals surface area contributed by atoms with Crippen LogP contribution < -0.4 is 10.1 Å². The number of carbonyl (C=O) groups excluding carboxylic acids is 3. The zero-order valence-electron chi connectivity index (χ0n) is 19.8. The van der Waals surface area contributed by atoms with Gasteiger partial charge in [0.1, 0.15) is 5.75 Å². The van der Waals surface area contributed by atoms with Crippen molar-refractivity contribution in [3.8, 4) is 5.75 Å². The molecule has 0 unspecified atom stereocenters. The van der Waals surface area contributed by atoms with Gasteiger partial charge >= 0.3 is 5.97 Å². The number of anilines is 1. The van der Waals surface area contributed by atoms with Gasteiger partial charge in [-0.25, -0.2) is 0 Å². The molecule has 2 aromatic rings. The molecule has 0 radical (unpaired) electrons. The van der Waals surface area contributed by atoms with E-state index in [4.69, 9.17) is 9.47 Å². The molecule has 2 aromatic carbocycles. The molecule has 0 aliphatic heterocycles. The molecule has 0 saturated heterocycles. The molecule has 0 aliphatic rings. The number of ketones is 1. The number of hydrogen-bond donors (Lipinski definition) is 1. The Kier molecular flexibility index (Phi) is 8.19. The first-order chi connectivity index (χ1) is 14.9. The summed E-state index contributed by atoms with van der Waals surface area (Å²) in [5.41, 5.74) is 1.76. The molecule has 172 valence electrons. The standard InChI is InChI=1S/C26H33NO5/c1-25(2,3)19-9-13-21(14-10-19)31-16-15-23(29)32-17-22(28)18-7-11-20(12-8-18)27-24(30)26(4,5)6/h7-14H,15-17H2,1-6H3,(H,27,30). The van der Waals surface area contributed by atoms with Gasteiger partial charge in [0.15, 0.2) is 12.4 Å². The lowest BCUT2D eigenvalue weighted by molar-refractivity contribution is -0.143. The molecule has 0 bridgehead atoms. The zero-order chi connectivity index (χ0) is 23.9. The Labute approximate surface area is 190 Å². The Balaban J connectivity index is 1.74. The summed E-state index contributed by atoms with van der Waals surface area (Å²) in [6.45, 7) is 11.7. The molecule has 0 saturated carbocycles. The van der Waals surface area contributed by atoms with Crippen LogP contribution in [0.4, 0.5) is 5.69 Å². The van der Waals surface area contributed by atoms with Gasteiger partial charge in [0, 0.05) is 16.7 Å². The number of ether oxygens (including phenoxy) is 2. The third-order valence-corrected chi connectivity index (χ3v) is 4.81. The predicted molar refractivity (Wildman–Crippen MR) is 125 cm³/mol. The lowest BCUT2D eigenvalue weighted by Gasteiger charge is -2.19. The Morgan fingerprint density at radius 1 is 0.844 bits per heavy atom. The average Bonchev–Trinajstić information content (AvgIpc) is 2.71.